The molecule has 35 heavy (non-hydrogen) atoms. The summed E-state index contributed by atoms with van der Waals surface area (Å²) in [5, 5.41) is 5.73. The molecule has 1 aromatic carbocycles. The van der Waals surface area contributed by atoms with Crippen molar-refractivity contribution in [3.63, 3.8) is 0 Å². The smallest absolute Gasteiger partial charge is 0.408 e. The number of primary amides is 1. The first-order valence-corrected chi connectivity index (χ1v) is 14.8. The second-order valence-electron chi connectivity index (χ2n) is 11.2. The Kier molecular flexibility index (Phi) is 10.9. The molecule has 0 radical (unpaired) electrons. The van der Waals surface area contributed by atoms with Crippen molar-refractivity contribution in [2.75, 3.05) is 13.1 Å². The van der Waals surface area contributed by atoms with E-state index in [1.807, 2.05) is 6.92 Å². The fraction of sp³-hybridized carbons (Fsp3) is 0.640. The van der Waals surface area contributed by atoms with Crippen LogP contribution in [0.2, 0.25) is 18.1 Å². The van der Waals surface area contributed by atoms with E-state index in [1.165, 1.54) is 0 Å². The molecule has 0 aliphatic carbocycles. The third kappa shape index (κ3) is 10.8. The van der Waals surface area contributed by atoms with Gasteiger partial charge in [-0.2, -0.15) is 0 Å². The predicted molar refractivity (Wildman–Crippen MR) is 139 cm³/mol. The van der Waals surface area contributed by atoms with Gasteiger partial charge in [0.2, 0.25) is 0 Å². The summed E-state index contributed by atoms with van der Waals surface area (Å²) in [6, 6.07) is 7.41. The maximum atomic E-state index is 13.3. The molecule has 0 aromatic heterocycles. The molecule has 0 fully saturated rings. The van der Waals surface area contributed by atoms with Crippen LogP contribution in [-0.4, -0.2) is 57.1 Å². The number of carbonyl (C=O) groups excluding carboxylic acids is 3. The first kappa shape index (κ1) is 30.6. The second kappa shape index (κ2) is 12.5. The monoisotopic (exact) mass is 509 g/mol. The highest BCUT2D eigenvalue weighted by Gasteiger charge is 2.38. The molecule has 0 saturated heterocycles. The third-order valence-electron chi connectivity index (χ3n) is 5.73. The first-order valence-electron chi connectivity index (χ1n) is 11.8. The number of alkyl carbamates (subject to hydrolysis) is 1. The fourth-order valence-electron chi connectivity index (χ4n) is 3.09. The fourth-order valence-corrected chi connectivity index (χ4v) is 4.53. The lowest BCUT2D eigenvalue weighted by Gasteiger charge is -2.38. The van der Waals surface area contributed by atoms with E-state index in [9.17, 15) is 14.4 Å². The lowest BCUT2D eigenvalue weighted by molar-refractivity contribution is -0.123. The maximum Gasteiger partial charge on any atom is 0.408 e. The molecule has 3 atom stereocenters. The summed E-state index contributed by atoms with van der Waals surface area (Å²) in [4.78, 5) is 37.5. The number of nitrogens with one attached hydrogen (secondary N) is 2. The Morgan fingerprint density at radius 2 is 1.60 bits per heavy atom. The van der Waals surface area contributed by atoms with Gasteiger partial charge in [0.25, 0.3) is 0 Å². The molecule has 1 rings (SSSR count). The first-order chi connectivity index (χ1) is 15.9. The molecular formula is C25H43N3O6Si. The van der Waals surface area contributed by atoms with Gasteiger partial charge in [-0.1, -0.05) is 51.1 Å². The van der Waals surface area contributed by atoms with E-state index in [0.29, 0.717) is 12.1 Å². The Labute approximate surface area is 210 Å². The largest absolute Gasteiger partial charge is 0.444 e. The van der Waals surface area contributed by atoms with E-state index < -0.39 is 44.0 Å². The molecule has 198 valence electrons. The SMILES string of the molecule is C[C@@H](CNCC(=O)[C@@H](NC(=O)OC(C)(C)C)[C@@H](OC(N)=O)c1ccccc1)O[Si](C)(C)C(C)(C)C. The molecule has 0 bridgehead atoms. The lowest BCUT2D eigenvalue weighted by Crippen LogP contribution is -2.51. The number of Topliss-reactive ketones (excluding diaryl/α,β-unsaturated/α-hetero) is 1. The van der Waals surface area contributed by atoms with Crippen LogP contribution >= 0.6 is 0 Å². The standard InChI is InChI=1S/C25H43N3O6Si/c1-17(34-35(8,9)25(5,6)7)15-27-16-19(29)20(28-23(31)33-24(2,3)4)21(32-22(26)30)18-13-11-10-12-14-18/h10-14,17,20-21,27H,15-16H2,1-9H3,(H2,26,30)(H,28,31)/t17-,20+,21-/m0/s1. The molecular weight excluding hydrogens is 466 g/mol. The van der Waals surface area contributed by atoms with Gasteiger partial charge < -0.3 is 30.3 Å². The molecule has 2 amide bonds. The minimum atomic E-state index is -1.96. The molecule has 10 heteroatoms. The van der Waals surface area contributed by atoms with Gasteiger partial charge in [-0.3, -0.25) is 4.79 Å². The van der Waals surface area contributed by atoms with Gasteiger partial charge in [-0.25, -0.2) is 9.59 Å². The Hall–Kier alpha value is -2.43. The Bertz CT molecular complexity index is 849. The summed E-state index contributed by atoms with van der Waals surface area (Å²) in [5.41, 5.74) is 5.02. The van der Waals surface area contributed by atoms with Gasteiger partial charge in [0, 0.05) is 6.54 Å². The number of nitrogens with two attached hydrogens (primary N) is 1. The predicted octanol–water partition coefficient (Wildman–Crippen LogP) is 4.29. The highest BCUT2D eigenvalue weighted by Crippen LogP contribution is 2.37. The normalized spacial score (nSPS) is 15.0. The van der Waals surface area contributed by atoms with E-state index in [-0.39, 0.29) is 17.7 Å². The molecule has 0 saturated carbocycles. The number of hydrogen-bond donors (Lipinski definition) is 3. The quantitative estimate of drug-likeness (QED) is 0.380. The van der Waals surface area contributed by atoms with Crippen LogP contribution in [0, 0.1) is 0 Å². The van der Waals surface area contributed by atoms with Gasteiger partial charge in [-0.15, -0.1) is 0 Å². The number of hydrogen-bond acceptors (Lipinski definition) is 7. The van der Waals surface area contributed by atoms with Gasteiger partial charge >= 0.3 is 12.2 Å². The molecule has 0 unspecified atom stereocenters. The van der Waals surface area contributed by atoms with Crippen molar-refractivity contribution in [1.29, 1.82) is 0 Å². The summed E-state index contributed by atoms with van der Waals surface area (Å²) in [5.74, 6) is -0.398. The lowest BCUT2D eigenvalue weighted by atomic mass is 9.98. The Balaban J connectivity index is 3.02. The molecule has 4 N–H and O–H groups in total. The maximum absolute atomic E-state index is 13.3. The topological polar surface area (TPSA) is 129 Å². The molecule has 0 spiro atoms. The van der Waals surface area contributed by atoms with Crippen molar-refractivity contribution in [3.8, 4) is 0 Å². The van der Waals surface area contributed by atoms with Crippen molar-refractivity contribution < 1.29 is 28.3 Å². The van der Waals surface area contributed by atoms with Crippen LogP contribution in [0.1, 0.15) is 60.1 Å². The third-order valence-corrected chi connectivity index (χ3v) is 10.3. The second-order valence-corrected chi connectivity index (χ2v) is 15.9. The van der Waals surface area contributed by atoms with Gasteiger partial charge in [-0.05, 0) is 51.4 Å². The number of amides is 2. The number of ketones is 1. The molecule has 9 nitrogen and oxygen atoms in total. The van der Waals surface area contributed by atoms with E-state index in [1.54, 1.807) is 51.1 Å². The van der Waals surface area contributed by atoms with Crippen molar-refractivity contribution in [3.05, 3.63) is 35.9 Å². The van der Waals surface area contributed by atoms with Crippen LogP contribution in [0.4, 0.5) is 9.59 Å². The zero-order valence-corrected chi connectivity index (χ0v) is 23.6. The number of rotatable bonds is 11. The molecule has 1 aromatic rings. The summed E-state index contributed by atoms with van der Waals surface area (Å²) in [7, 11) is -1.96. The Morgan fingerprint density at radius 1 is 1.03 bits per heavy atom. The average molecular weight is 510 g/mol. The van der Waals surface area contributed by atoms with E-state index in [0.717, 1.165) is 0 Å². The van der Waals surface area contributed by atoms with Crippen LogP contribution in [0.3, 0.4) is 0 Å². The zero-order chi connectivity index (χ0) is 27.0. The van der Waals surface area contributed by atoms with E-state index in [4.69, 9.17) is 19.6 Å². The van der Waals surface area contributed by atoms with Crippen molar-refractivity contribution in [2.24, 2.45) is 5.73 Å². The van der Waals surface area contributed by atoms with Gasteiger partial charge in [0.05, 0.1) is 12.6 Å². The zero-order valence-electron chi connectivity index (χ0n) is 22.6. The number of ether oxygens (including phenoxy) is 2. The van der Waals surface area contributed by atoms with Crippen LogP contribution in [0.5, 0.6) is 0 Å². The highest BCUT2D eigenvalue weighted by atomic mass is 28.4. The molecule has 0 aliphatic heterocycles. The number of carbonyl (C=O) groups is 3. The van der Waals surface area contributed by atoms with Crippen molar-refractivity contribution in [2.45, 2.75) is 90.4 Å². The number of benzene rings is 1. The highest BCUT2D eigenvalue weighted by molar-refractivity contribution is 6.74. The van der Waals surface area contributed by atoms with Crippen LogP contribution in [0.25, 0.3) is 0 Å². The summed E-state index contributed by atoms with van der Waals surface area (Å²) in [6.45, 7) is 18.3. The van der Waals surface area contributed by atoms with Gasteiger partial charge in [0.1, 0.15) is 11.6 Å². The van der Waals surface area contributed by atoms with Gasteiger partial charge in [0.15, 0.2) is 20.2 Å². The average Bonchev–Trinajstić information content (AvgIpc) is 2.68. The summed E-state index contributed by atoms with van der Waals surface area (Å²) < 4.78 is 16.9. The van der Waals surface area contributed by atoms with Crippen LogP contribution in [0.15, 0.2) is 30.3 Å². The van der Waals surface area contributed by atoms with Crippen molar-refractivity contribution >= 4 is 26.3 Å². The minimum absolute atomic E-state index is 0.0640. The van der Waals surface area contributed by atoms with Crippen molar-refractivity contribution in [1.82, 2.24) is 10.6 Å². The molecule has 0 heterocycles. The Morgan fingerprint density at radius 3 is 2.09 bits per heavy atom. The minimum Gasteiger partial charge on any atom is -0.444 e. The summed E-state index contributed by atoms with van der Waals surface area (Å²) >= 11 is 0. The van der Waals surface area contributed by atoms with E-state index >= 15 is 0 Å². The summed E-state index contributed by atoms with van der Waals surface area (Å²) in [6.07, 6.45) is -3.12. The molecule has 0 aliphatic rings. The van der Waals surface area contributed by atoms with Crippen LogP contribution < -0.4 is 16.4 Å². The van der Waals surface area contributed by atoms with Crippen LogP contribution in [-0.2, 0) is 18.7 Å². The van der Waals surface area contributed by atoms with E-state index in [2.05, 4.69) is 44.5 Å².